The number of benzene rings is 2. The van der Waals surface area contributed by atoms with Gasteiger partial charge in [-0.05, 0) is 59.0 Å². The Morgan fingerprint density at radius 2 is 1.68 bits per heavy atom. The third-order valence-corrected chi connectivity index (χ3v) is 7.50. The maximum absolute atomic E-state index is 12.5. The van der Waals surface area contributed by atoms with Crippen molar-refractivity contribution in [3.63, 3.8) is 0 Å². The lowest BCUT2D eigenvalue weighted by Crippen LogP contribution is -2.33. The largest absolute Gasteiger partial charge is 0.378 e. The van der Waals surface area contributed by atoms with Crippen LogP contribution >= 0.6 is 73.3 Å². The maximum Gasteiger partial charge on any atom is 0.324 e. The molecule has 0 N–H and O–H groups in total. The quantitative estimate of drug-likeness (QED) is 0.239. The predicted molar refractivity (Wildman–Crippen MR) is 116 cm³/mol. The molecule has 10 heteroatoms. The molecule has 0 bridgehead atoms. The van der Waals surface area contributed by atoms with Crippen LogP contribution in [-0.2, 0) is 10.1 Å². The van der Waals surface area contributed by atoms with Crippen molar-refractivity contribution >= 4 is 89.1 Å². The molecule has 4 nitrogen and oxygen atoms in total. The minimum atomic E-state index is -4.02. The van der Waals surface area contributed by atoms with E-state index in [9.17, 15) is 8.42 Å². The highest BCUT2D eigenvalue weighted by Crippen LogP contribution is 2.37. The Balaban J connectivity index is 2.15. The van der Waals surface area contributed by atoms with Crippen molar-refractivity contribution in [1.29, 1.82) is 0 Å². The van der Waals surface area contributed by atoms with E-state index in [0.717, 1.165) is 9.26 Å². The zero-order chi connectivity index (χ0) is 18.8. The van der Waals surface area contributed by atoms with Crippen LogP contribution in [0.15, 0.2) is 36.4 Å². The van der Waals surface area contributed by atoms with Gasteiger partial charge in [-0.3, -0.25) is 0 Å². The van der Waals surface area contributed by atoms with E-state index in [1.54, 1.807) is 11.9 Å². The summed E-state index contributed by atoms with van der Waals surface area (Å²) in [6.45, 7) is 0.158. The lowest BCUT2D eigenvalue weighted by molar-refractivity contribution is 0.483. The second-order valence-electron chi connectivity index (χ2n) is 5.04. The van der Waals surface area contributed by atoms with Gasteiger partial charge in [-0.25, -0.2) is 0 Å². The molecule has 0 saturated carbocycles. The number of hydrogen-bond donors (Lipinski definition) is 0. The number of nitrogens with zero attached hydrogens (tertiary/aromatic N) is 1. The first-order valence-electron chi connectivity index (χ1n) is 6.79. The van der Waals surface area contributed by atoms with Crippen LogP contribution in [0.1, 0.15) is 0 Å². The zero-order valence-electron chi connectivity index (χ0n) is 12.7. The molecule has 0 fully saturated rings. The van der Waals surface area contributed by atoms with Gasteiger partial charge in [0, 0.05) is 27.9 Å². The number of halogens is 5. The highest BCUT2D eigenvalue weighted by atomic mass is 127. The van der Waals surface area contributed by atoms with Gasteiger partial charge in [0.05, 0.1) is 10.0 Å². The molecule has 0 aromatic heterocycles. The van der Waals surface area contributed by atoms with E-state index in [-0.39, 0.29) is 27.4 Å². The number of hydrogen-bond acceptors (Lipinski definition) is 4. The average Bonchev–Trinajstić information content (AvgIpc) is 2.51. The molecular weight excluding hydrogens is 587 g/mol. The summed E-state index contributed by atoms with van der Waals surface area (Å²) in [5.74, 6) is -0.144. The first-order chi connectivity index (χ1) is 11.6. The van der Waals surface area contributed by atoms with Crippen LogP contribution in [0.2, 0.25) is 15.1 Å². The van der Waals surface area contributed by atoms with E-state index in [1.165, 1.54) is 12.1 Å². The normalized spacial score (nSPS) is 12.7. The highest BCUT2D eigenvalue weighted by molar-refractivity contribution is 14.1. The van der Waals surface area contributed by atoms with Gasteiger partial charge in [0.1, 0.15) is 0 Å². The van der Waals surface area contributed by atoms with E-state index in [1.807, 2.05) is 24.3 Å². The molecule has 2 rings (SSSR count). The van der Waals surface area contributed by atoms with Crippen molar-refractivity contribution < 1.29 is 12.6 Å². The van der Waals surface area contributed by atoms with Gasteiger partial charge >= 0.3 is 10.1 Å². The lowest BCUT2D eigenvalue weighted by Gasteiger charge is -2.22. The van der Waals surface area contributed by atoms with E-state index in [0.29, 0.717) is 0 Å². The summed E-state index contributed by atoms with van der Waals surface area (Å²) in [5.41, 5.74) is 0.877. The van der Waals surface area contributed by atoms with Crippen molar-refractivity contribution in [2.45, 2.75) is 4.16 Å². The van der Waals surface area contributed by atoms with Gasteiger partial charge in [0.25, 0.3) is 0 Å². The summed E-state index contributed by atoms with van der Waals surface area (Å²) in [7, 11) is -2.23. The second-order valence-corrected chi connectivity index (χ2v) is 11.0. The number of anilines is 1. The molecule has 1 atom stereocenters. The van der Waals surface area contributed by atoms with Crippen LogP contribution in [0.3, 0.4) is 0 Å². The summed E-state index contributed by atoms with van der Waals surface area (Å²) in [6.07, 6.45) is 0. The van der Waals surface area contributed by atoms with Crippen molar-refractivity contribution in [2.24, 2.45) is 0 Å². The van der Waals surface area contributed by atoms with Gasteiger partial charge in [-0.15, -0.1) is 0 Å². The molecule has 0 aliphatic heterocycles. The Hall–Kier alpha value is 0.0700. The monoisotopic (exact) mass is 597 g/mol. The van der Waals surface area contributed by atoms with Crippen LogP contribution in [0.4, 0.5) is 5.69 Å². The van der Waals surface area contributed by atoms with Crippen molar-refractivity contribution in [1.82, 2.24) is 0 Å². The second kappa shape index (κ2) is 8.84. The molecule has 0 radical (unpaired) electrons. The Labute approximate surface area is 183 Å². The molecule has 1 unspecified atom stereocenters. The van der Waals surface area contributed by atoms with Crippen molar-refractivity contribution in [2.75, 3.05) is 18.5 Å². The third kappa shape index (κ3) is 5.77. The first kappa shape index (κ1) is 21.4. The van der Waals surface area contributed by atoms with Crippen LogP contribution in [0.25, 0.3) is 0 Å². The van der Waals surface area contributed by atoms with Crippen LogP contribution < -0.4 is 9.08 Å². The van der Waals surface area contributed by atoms with Gasteiger partial charge in [-0.1, -0.05) is 50.7 Å². The molecule has 2 aromatic carbocycles. The molecule has 2 aromatic rings. The fourth-order valence-corrected chi connectivity index (χ4v) is 4.82. The van der Waals surface area contributed by atoms with Gasteiger partial charge < -0.3 is 9.08 Å². The topological polar surface area (TPSA) is 46.6 Å². The highest BCUT2D eigenvalue weighted by Gasteiger charge is 2.28. The van der Waals surface area contributed by atoms with Crippen molar-refractivity contribution in [3.05, 3.63) is 55.0 Å². The van der Waals surface area contributed by atoms with Crippen LogP contribution in [0.5, 0.6) is 5.75 Å². The summed E-state index contributed by atoms with van der Waals surface area (Å²) >= 11 is 23.1. The molecule has 0 amide bonds. The molecule has 25 heavy (non-hydrogen) atoms. The molecule has 0 saturated heterocycles. The molecular formula is C15H12BrCl3INO3S. The Morgan fingerprint density at radius 3 is 2.20 bits per heavy atom. The summed E-state index contributed by atoms with van der Waals surface area (Å²) in [6, 6.07) is 10.4. The van der Waals surface area contributed by atoms with Crippen molar-refractivity contribution in [3.8, 4) is 5.75 Å². The minimum Gasteiger partial charge on any atom is -0.378 e. The SMILES string of the molecule is CN(CC(Br)S(=O)(=O)Oc1c(Cl)cc(Cl)cc1Cl)c1ccc(I)cc1. The number of rotatable bonds is 6. The Morgan fingerprint density at radius 1 is 1.16 bits per heavy atom. The third-order valence-electron chi connectivity index (χ3n) is 3.16. The number of alkyl halides is 1. The predicted octanol–water partition coefficient (Wildman–Crippen LogP) is 5.82. The van der Waals surface area contributed by atoms with E-state index >= 15 is 0 Å². The van der Waals surface area contributed by atoms with Gasteiger partial charge in [0.15, 0.2) is 9.91 Å². The summed E-state index contributed by atoms with van der Waals surface area (Å²) in [5, 5.41) is 0.326. The van der Waals surface area contributed by atoms with E-state index in [2.05, 4.69) is 38.5 Å². The molecule has 0 spiro atoms. The standard InChI is InChI=1S/C15H12BrCl3INO3S/c1-21(11-4-2-10(20)3-5-11)8-14(16)25(22,23)24-15-12(18)6-9(17)7-13(15)19/h2-7,14H,8H2,1H3. The lowest BCUT2D eigenvalue weighted by atomic mass is 10.3. The summed E-state index contributed by atoms with van der Waals surface area (Å²) < 4.78 is 30.1. The fraction of sp³-hybridized carbons (Fsp3) is 0.200. The first-order valence-corrected chi connectivity index (χ1v) is 11.4. The molecule has 0 heterocycles. The van der Waals surface area contributed by atoms with Crippen LogP contribution in [-0.4, -0.2) is 26.2 Å². The van der Waals surface area contributed by atoms with Gasteiger partial charge in [0.2, 0.25) is 0 Å². The van der Waals surface area contributed by atoms with Gasteiger partial charge in [-0.2, -0.15) is 8.42 Å². The summed E-state index contributed by atoms with van der Waals surface area (Å²) in [4.78, 5) is 1.79. The minimum absolute atomic E-state index is 0.0202. The molecule has 0 aliphatic rings. The molecule has 136 valence electrons. The zero-order valence-corrected chi connectivity index (χ0v) is 19.5. The van der Waals surface area contributed by atoms with E-state index < -0.39 is 14.3 Å². The maximum atomic E-state index is 12.5. The molecule has 0 aliphatic carbocycles. The Bertz CT molecular complexity index is 842. The Kier molecular flexibility index (Phi) is 7.56. The van der Waals surface area contributed by atoms with E-state index in [4.69, 9.17) is 39.0 Å². The fourth-order valence-electron chi connectivity index (χ4n) is 1.88. The average molecular weight is 599 g/mol. The smallest absolute Gasteiger partial charge is 0.324 e. The van der Waals surface area contributed by atoms with Crippen LogP contribution in [0, 0.1) is 3.57 Å².